The number of nitrogens with two attached hydrogens (primary N) is 1. The van der Waals surface area contributed by atoms with Crippen LogP contribution in [0.5, 0.6) is 0 Å². The molecule has 172 valence electrons. The van der Waals surface area contributed by atoms with E-state index in [-0.39, 0.29) is 12.8 Å². The molecule has 0 aliphatic heterocycles. The van der Waals surface area contributed by atoms with Crippen LogP contribution in [0, 0.1) is 0 Å². The van der Waals surface area contributed by atoms with Crippen LogP contribution in [0.4, 0.5) is 0 Å². The van der Waals surface area contributed by atoms with E-state index in [0.29, 0.717) is 5.75 Å². The number of amides is 3. The molecule has 0 saturated carbocycles. The van der Waals surface area contributed by atoms with E-state index in [1.165, 1.54) is 18.7 Å². The Kier molecular flexibility index (Phi) is 11.6. The van der Waals surface area contributed by atoms with Crippen LogP contribution >= 0.6 is 11.8 Å². The van der Waals surface area contributed by atoms with Gasteiger partial charge in [0.1, 0.15) is 18.1 Å². The molecule has 11 heteroatoms. The highest BCUT2D eigenvalue weighted by Crippen LogP contribution is 2.06. The van der Waals surface area contributed by atoms with Gasteiger partial charge in [0.15, 0.2) is 0 Å². The highest BCUT2D eigenvalue weighted by molar-refractivity contribution is 7.98. The molecule has 0 spiro atoms. The maximum absolute atomic E-state index is 12.8. The molecular weight excluding hydrogens is 424 g/mol. The fourth-order valence-electron chi connectivity index (χ4n) is 2.59. The van der Waals surface area contributed by atoms with E-state index in [4.69, 9.17) is 5.73 Å². The lowest BCUT2D eigenvalue weighted by Crippen LogP contribution is -2.58. The van der Waals surface area contributed by atoms with E-state index in [1.807, 2.05) is 6.26 Å². The smallest absolute Gasteiger partial charge is 0.326 e. The topological polar surface area (TPSA) is 171 Å². The number of benzene rings is 1. The van der Waals surface area contributed by atoms with Gasteiger partial charge in [-0.1, -0.05) is 30.3 Å². The van der Waals surface area contributed by atoms with Crippen LogP contribution < -0.4 is 21.7 Å². The largest absolute Gasteiger partial charge is 0.480 e. The Balaban J connectivity index is 2.99. The lowest BCUT2D eigenvalue weighted by Gasteiger charge is -2.24. The second-order valence-electron chi connectivity index (χ2n) is 6.96. The van der Waals surface area contributed by atoms with E-state index in [2.05, 4.69) is 16.0 Å². The molecule has 0 aromatic heterocycles. The number of aliphatic hydroxyl groups is 1. The molecule has 0 aliphatic carbocycles. The van der Waals surface area contributed by atoms with Gasteiger partial charge in [-0.15, -0.1) is 0 Å². The monoisotopic (exact) mass is 454 g/mol. The third-order valence-electron chi connectivity index (χ3n) is 4.37. The first kappa shape index (κ1) is 26.4. The maximum Gasteiger partial charge on any atom is 0.326 e. The molecular formula is C20H30N4O6S. The Morgan fingerprint density at radius 3 is 2.03 bits per heavy atom. The van der Waals surface area contributed by atoms with Gasteiger partial charge in [-0.25, -0.2) is 4.79 Å². The van der Waals surface area contributed by atoms with Crippen LogP contribution in [0.1, 0.15) is 18.9 Å². The molecule has 10 nitrogen and oxygen atoms in total. The maximum atomic E-state index is 12.8. The standard InChI is InChI=1S/C20H30N4O6S/c1-12(21)17(26)24-16(11-25)19(28)23-15(10-13-6-4-3-5-7-13)18(27)22-14(20(29)30)8-9-31-2/h3-7,12,14-16,25H,8-11,21H2,1-2H3,(H,22,27)(H,23,28)(H,24,26)(H,29,30). The predicted molar refractivity (Wildman–Crippen MR) is 117 cm³/mol. The number of carboxylic acids is 1. The lowest BCUT2D eigenvalue weighted by atomic mass is 10.0. The Labute approximate surface area is 185 Å². The molecule has 0 fully saturated rings. The number of aliphatic carboxylic acids is 1. The molecule has 1 aromatic carbocycles. The highest BCUT2D eigenvalue weighted by Gasteiger charge is 2.29. The van der Waals surface area contributed by atoms with Gasteiger partial charge in [0.2, 0.25) is 17.7 Å². The van der Waals surface area contributed by atoms with Gasteiger partial charge in [-0.05, 0) is 30.9 Å². The van der Waals surface area contributed by atoms with Gasteiger partial charge >= 0.3 is 5.97 Å². The first-order valence-electron chi connectivity index (χ1n) is 9.72. The van der Waals surface area contributed by atoms with Crippen molar-refractivity contribution >= 4 is 35.5 Å². The van der Waals surface area contributed by atoms with Crippen LogP contribution in [0.25, 0.3) is 0 Å². The van der Waals surface area contributed by atoms with E-state index >= 15 is 0 Å². The van der Waals surface area contributed by atoms with Crippen molar-refractivity contribution in [3.05, 3.63) is 35.9 Å². The fourth-order valence-corrected chi connectivity index (χ4v) is 3.07. The first-order chi connectivity index (χ1) is 14.7. The number of hydrogen-bond acceptors (Lipinski definition) is 7. The van der Waals surface area contributed by atoms with Crippen molar-refractivity contribution in [2.24, 2.45) is 5.73 Å². The summed E-state index contributed by atoms with van der Waals surface area (Å²) in [5, 5.41) is 26.1. The number of carbonyl (C=O) groups is 4. The number of aliphatic hydroxyl groups excluding tert-OH is 1. The number of nitrogens with one attached hydrogen (secondary N) is 3. The molecule has 0 aliphatic rings. The summed E-state index contributed by atoms with van der Waals surface area (Å²) in [6.07, 6.45) is 2.13. The third kappa shape index (κ3) is 9.37. The average molecular weight is 455 g/mol. The zero-order valence-corrected chi connectivity index (χ0v) is 18.4. The number of carbonyl (C=O) groups excluding carboxylic acids is 3. The summed E-state index contributed by atoms with van der Waals surface area (Å²) in [7, 11) is 0. The summed E-state index contributed by atoms with van der Waals surface area (Å²) in [6.45, 7) is 0.726. The summed E-state index contributed by atoms with van der Waals surface area (Å²) >= 11 is 1.45. The van der Waals surface area contributed by atoms with Crippen LogP contribution in [0.2, 0.25) is 0 Å². The molecule has 7 N–H and O–H groups in total. The molecule has 0 bridgehead atoms. The van der Waals surface area contributed by atoms with Crippen LogP contribution in [0.3, 0.4) is 0 Å². The second kappa shape index (κ2) is 13.6. The fraction of sp³-hybridized carbons (Fsp3) is 0.500. The Hall–Kier alpha value is -2.63. The van der Waals surface area contributed by atoms with Gasteiger partial charge < -0.3 is 31.9 Å². The van der Waals surface area contributed by atoms with Gasteiger partial charge in [0.25, 0.3) is 0 Å². The van der Waals surface area contributed by atoms with Crippen molar-refractivity contribution in [2.45, 2.75) is 43.9 Å². The van der Waals surface area contributed by atoms with E-state index < -0.39 is 54.5 Å². The summed E-state index contributed by atoms with van der Waals surface area (Å²) in [5.41, 5.74) is 6.20. The Bertz CT molecular complexity index is 746. The number of carboxylic acid groups (broad SMARTS) is 1. The zero-order chi connectivity index (χ0) is 23.4. The van der Waals surface area contributed by atoms with Crippen molar-refractivity contribution in [2.75, 3.05) is 18.6 Å². The molecule has 0 saturated heterocycles. The predicted octanol–water partition coefficient (Wildman–Crippen LogP) is -1.14. The summed E-state index contributed by atoms with van der Waals surface area (Å²) in [4.78, 5) is 48.7. The van der Waals surface area contributed by atoms with Gasteiger partial charge in [0.05, 0.1) is 12.6 Å². The van der Waals surface area contributed by atoms with Crippen molar-refractivity contribution in [1.82, 2.24) is 16.0 Å². The Morgan fingerprint density at radius 2 is 1.52 bits per heavy atom. The number of hydrogen-bond donors (Lipinski definition) is 6. The summed E-state index contributed by atoms with van der Waals surface area (Å²) in [5.74, 6) is -2.75. The van der Waals surface area contributed by atoms with E-state index in [9.17, 15) is 29.4 Å². The van der Waals surface area contributed by atoms with Crippen LogP contribution in [-0.2, 0) is 25.6 Å². The quantitative estimate of drug-likeness (QED) is 0.217. The molecule has 4 atom stereocenters. The number of rotatable bonds is 13. The Morgan fingerprint density at radius 1 is 0.968 bits per heavy atom. The van der Waals surface area contributed by atoms with E-state index in [0.717, 1.165) is 5.56 Å². The molecule has 0 heterocycles. The van der Waals surface area contributed by atoms with Crippen LogP contribution in [-0.4, -0.2) is 76.7 Å². The minimum Gasteiger partial charge on any atom is -0.480 e. The summed E-state index contributed by atoms with van der Waals surface area (Å²) in [6, 6.07) is 4.43. The average Bonchev–Trinajstić information content (AvgIpc) is 2.74. The molecule has 31 heavy (non-hydrogen) atoms. The normalized spacial score (nSPS) is 14.6. The lowest BCUT2D eigenvalue weighted by molar-refractivity contribution is -0.142. The van der Waals surface area contributed by atoms with Gasteiger partial charge in [-0.2, -0.15) is 11.8 Å². The molecule has 3 amide bonds. The van der Waals surface area contributed by atoms with Crippen LogP contribution in [0.15, 0.2) is 30.3 Å². The third-order valence-corrected chi connectivity index (χ3v) is 5.01. The molecule has 0 radical (unpaired) electrons. The molecule has 4 unspecified atom stereocenters. The SMILES string of the molecule is CSCCC(NC(=O)C(Cc1ccccc1)NC(=O)C(CO)NC(=O)C(C)N)C(=O)O. The van der Waals surface area contributed by atoms with E-state index in [1.54, 1.807) is 30.3 Å². The second-order valence-corrected chi connectivity index (χ2v) is 7.95. The van der Waals surface area contributed by atoms with Crippen molar-refractivity contribution in [1.29, 1.82) is 0 Å². The minimum atomic E-state index is -1.31. The van der Waals surface area contributed by atoms with Crippen molar-refractivity contribution in [3.63, 3.8) is 0 Å². The molecule has 1 rings (SSSR count). The zero-order valence-electron chi connectivity index (χ0n) is 17.5. The number of thioether (sulfide) groups is 1. The first-order valence-corrected chi connectivity index (χ1v) is 11.1. The minimum absolute atomic E-state index is 0.0899. The van der Waals surface area contributed by atoms with Gasteiger partial charge in [0, 0.05) is 6.42 Å². The van der Waals surface area contributed by atoms with Gasteiger partial charge in [-0.3, -0.25) is 14.4 Å². The highest BCUT2D eigenvalue weighted by atomic mass is 32.2. The van der Waals surface area contributed by atoms with Crippen molar-refractivity contribution in [3.8, 4) is 0 Å². The molecule has 1 aromatic rings. The van der Waals surface area contributed by atoms with Crippen molar-refractivity contribution < 1.29 is 29.4 Å². The summed E-state index contributed by atoms with van der Waals surface area (Å²) < 4.78 is 0.